The summed E-state index contributed by atoms with van der Waals surface area (Å²) < 4.78 is 36.5. The molecule has 3 aromatic rings. The van der Waals surface area contributed by atoms with Crippen LogP contribution in [0.2, 0.25) is 0 Å². The van der Waals surface area contributed by atoms with E-state index in [0.29, 0.717) is 34.1 Å². The summed E-state index contributed by atoms with van der Waals surface area (Å²) in [6, 6.07) is 2.56. The number of aromatic nitrogens is 3. The first kappa shape index (κ1) is 25.2. The largest absolute Gasteiger partial charge is 0.328 e. The van der Waals surface area contributed by atoms with Gasteiger partial charge < -0.3 is 10.2 Å². The molecular weight excluding hydrogens is 520 g/mol. The minimum atomic E-state index is -3.92. The third-order valence-corrected chi connectivity index (χ3v) is 10.2. The van der Waals surface area contributed by atoms with Crippen LogP contribution in [0.4, 0.5) is 5.13 Å². The van der Waals surface area contributed by atoms with Gasteiger partial charge in [0.25, 0.3) is 0 Å². The number of anilines is 1. The van der Waals surface area contributed by atoms with E-state index in [9.17, 15) is 18.0 Å². The van der Waals surface area contributed by atoms with Crippen molar-refractivity contribution in [1.29, 1.82) is 0 Å². The molecule has 2 fully saturated rings. The fraction of sp³-hybridized carbons (Fsp3) is 0.522. The van der Waals surface area contributed by atoms with Crippen molar-refractivity contribution in [3.63, 3.8) is 0 Å². The normalized spacial score (nSPS) is 19.0. The van der Waals surface area contributed by atoms with Crippen LogP contribution in [0.5, 0.6) is 0 Å². The molecule has 2 amide bonds. The highest BCUT2D eigenvalue weighted by Gasteiger charge is 2.39. The zero-order chi connectivity index (χ0) is 25.3. The Morgan fingerprint density at radius 2 is 1.92 bits per heavy atom. The van der Waals surface area contributed by atoms with Gasteiger partial charge in [-0.15, -0.1) is 11.3 Å². The molecule has 0 unspecified atom stereocenters. The quantitative estimate of drug-likeness (QED) is 0.480. The van der Waals surface area contributed by atoms with E-state index in [0.717, 1.165) is 37.4 Å². The van der Waals surface area contributed by atoms with Gasteiger partial charge >= 0.3 is 0 Å². The number of thiazole rings is 1. The number of carbonyl (C=O) groups excluding carboxylic acids is 2. The van der Waals surface area contributed by atoms with Gasteiger partial charge in [-0.3, -0.25) is 9.59 Å². The third kappa shape index (κ3) is 5.15. The Morgan fingerprint density at radius 1 is 1.17 bits per heavy atom. The molecule has 10 nitrogen and oxygen atoms in total. The van der Waals surface area contributed by atoms with E-state index in [1.807, 2.05) is 0 Å². The second kappa shape index (κ2) is 10.5. The molecule has 1 N–H and O–H groups in total. The molecule has 5 rings (SSSR count). The first-order chi connectivity index (χ1) is 17.3. The Bertz CT molecular complexity index is 1350. The Balaban J connectivity index is 1.35. The number of hydrogen-bond acceptors (Lipinski definition) is 9. The first-order valence-corrected chi connectivity index (χ1v) is 15.1. The number of rotatable bonds is 7. The molecule has 1 aliphatic carbocycles. The van der Waals surface area contributed by atoms with Crippen LogP contribution in [-0.2, 0) is 19.6 Å². The molecule has 0 radical (unpaired) electrons. The van der Waals surface area contributed by atoms with Gasteiger partial charge in [-0.1, -0.05) is 32.1 Å². The Labute approximate surface area is 218 Å². The molecule has 36 heavy (non-hydrogen) atoms. The molecule has 1 atom stereocenters. The smallest absolute Gasteiger partial charge is 0.248 e. The fourth-order valence-electron chi connectivity index (χ4n) is 5.12. The Hall–Kier alpha value is -2.48. The summed E-state index contributed by atoms with van der Waals surface area (Å²) in [5.74, 6) is -0.270. The molecule has 192 valence electrons. The van der Waals surface area contributed by atoms with Gasteiger partial charge in [-0.05, 0) is 37.0 Å². The molecule has 0 bridgehead atoms. The summed E-state index contributed by atoms with van der Waals surface area (Å²) in [7, 11) is -3.92. The van der Waals surface area contributed by atoms with E-state index >= 15 is 0 Å². The number of fused-ring (bicyclic) bond motifs is 1. The maximum Gasteiger partial charge on any atom is 0.248 e. The average Bonchev–Trinajstić information content (AvgIpc) is 3.54. The lowest BCUT2D eigenvalue weighted by Crippen LogP contribution is -2.58. The van der Waals surface area contributed by atoms with E-state index in [4.69, 9.17) is 0 Å². The van der Waals surface area contributed by atoms with E-state index in [-0.39, 0.29) is 36.3 Å². The number of amides is 2. The lowest BCUT2D eigenvalue weighted by Gasteiger charge is -2.39. The fourth-order valence-corrected chi connectivity index (χ4v) is 7.77. The molecule has 2 aromatic heterocycles. The highest BCUT2D eigenvalue weighted by molar-refractivity contribution is 7.89. The van der Waals surface area contributed by atoms with Crippen LogP contribution in [0.3, 0.4) is 0 Å². The SMILES string of the molecule is Cc1cc2nsnc2cc1S(=O)(=O)N1CCN([C@@H](CC2CCCCC2)C(=O)Nc2nccs2)C(=O)C1. The summed E-state index contributed by atoms with van der Waals surface area (Å²) in [6.45, 7) is 1.68. The van der Waals surface area contributed by atoms with Crippen LogP contribution in [0.15, 0.2) is 28.6 Å². The third-order valence-electron chi connectivity index (χ3n) is 7.01. The Kier molecular flexibility index (Phi) is 7.33. The van der Waals surface area contributed by atoms with Crippen molar-refractivity contribution in [1.82, 2.24) is 22.9 Å². The van der Waals surface area contributed by atoms with Gasteiger partial charge in [0, 0.05) is 24.7 Å². The number of piperazine rings is 1. The minimum absolute atomic E-state index is 0.118. The zero-order valence-corrected chi connectivity index (χ0v) is 22.4. The molecular formula is C23H28N6O4S3. The van der Waals surface area contributed by atoms with Crippen LogP contribution in [0.1, 0.15) is 44.1 Å². The van der Waals surface area contributed by atoms with Crippen LogP contribution in [0.25, 0.3) is 11.0 Å². The molecule has 1 aromatic carbocycles. The van der Waals surface area contributed by atoms with E-state index in [1.54, 1.807) is 29.5 Å². The van der Waals surface area contributed by atoms with Crippen molar-refractivity contribution in [3.8, 4) is 0 Å². The van der Waals surface area contributed by atoms with Crippen LogP contribution in [0, 0.1) is 12.8 Å². The van der Waals surface area contributed by atoms with Crippen LogP contribution < -0.4 is 5.32 Å². The van der Waals surface area contributed by atoms with Gasteiger partial charge in [0.1, 0.15) is 17.1 Å². The monoisotopic (exact) mass is 548 g/mol. The van der Waals surface area contributed by atoms with Gasteiger partial charge in [-0.25, -0.2) is 13.4 Å². The maximum atomic E-state index is 13.5. The highest BCUT2D eigenvalue weighted by atomic mass is 32.2. The predicted molar refractivity (Wildman–Crippen MR) is 138 cm³/mol. The molecule has 13 heteroatoms. The first-order valence-electron chi connectivity index (χ1n) is 12.1. The minimum Gasteiger partial charge on any atom is -0.328 e. The number of hydrogen-bond donors (Lipinski definition) is 1. The summed E-state index contributed by atoms with van der Waals surface area (Å²) >= 11 is 2.35. The van der Waals surface area contributed by atoms with Crippen molar-refractivity contribution in [2.45, 2.75) is 56.4 Å². The van der Waals surface area contributed by atoms with Gasteiger partial charge in [-0.2, -0.15) is 13.1 Å². The number of nitrogens with zero attached hydrogens (tertiary/aromatic N) is 5. The Morgan fingerprint density at radius 3 is 2.61 bits per heavy atom. The highest BCUT2D eigenvalue weighted by Crippen LogP contribution is 2.31. The van der Waals surface area contributed by atoms with Crippen molar-refractivity contribution < 1.29 is 18.0 Å². The number of carbonyl (C=O) groups is 2. The van der Waals surface area contributed by atoms with Gasteiger partial charge in [0.15, 0.2) is 5.13 Å². The molecule has 2 aliphatic rings. The topological polar surface area (TPSA) is 125 Å². The lowest BCUT2D eigenvalue weighted by atomic mass is 9.84. The second-order valence-electron chi connectivity index (χ2n) is 9.38. The number of benzene rings is 1. The summed E-state index contributed by atoms with van der Waals surface area (Å²) in [5.41, 5.74) is 1.72. The lowest BCUT2D eigenvalue weighted by molar-refractivity contribution is -0.142. The van der Waals surface area contributed by atoms with E-state index in [2.05, 4.69) is 19.0 Å². The molecule has 0 spiro atoms. The molecule has 1 aliphatic heterocycles. The van der Waals surface area contributed by atoms with Crippen LogP contribution >= 0.6 is 23.1 Å². The number of aryl methyl sites for hydroxylation is 1. The summed E-state index contributed by atoms with van der Waals surface area (Å²) in [5, 5.41) is 5.12. The molecule has 3 heterocycles. The summed E-state index contributed by atoms with van der Waals surface area (Å²) in [4.78, 5) is 32.5. The van der Waals surface area contributed by atoms with Crippen molar-refractivity contribution in [3.05, 3.63) is 29.3 Å². The standard InChI is InChI=1S/C23H28N6O4S3/c1-15-11-17-18(27-35-26-17)13-20(15)36(32,33)28-8-9-29(21(30)14-28)19(12-16-5-3-2-4-6-16)22(31)25-23-24-7-10-34-23/h7,10-11,13,16,19H,2-6,8-9,12,14H2,1H3,(H,24,25,31)/t19-/m0/s1. The van der Waals surface area contributed by atoms with Gasteiger partial charge in [0.2, 0.25) is 21.8 Å². The second-order valence-corrected chi connectivity index (χ2v) is 12.7. The molecule has 1 saturated heterocycles. The summed E-state index contributed by atoms with van der Waals surface area (Å²) in [6.07, 6.45) is 7.72. The zero-order valence-electron chi connectivity index (χ0n) is 19.9. The van der Waals surface area contributed by atoms with Gasteiger partial charge in [0.05, 0.1) is 23.2 Å². The maximum absolute atomic E-state index is 13.5. The van der Waals surface area contributed by atoms with E-state index < -0.39 is 16.1 Å². The van der Waals surface area contributed by atoms with Crippen molar-refractivity contribution in [2.24, 2.45) is 5.92 Å². The van der Waals surface area contributed by atoms with Crippen molar-refractivity contribution >= 4 is 61.1 Å². The molecule has 1 saturated carbocycles. The number of sulfonamides is 1. The number of nitrogens with one attached hydrogen (secondary N) is 1. The van der Waals surface area contributed by atoms with E-state index in [1.165, 1.54) is 28.1 Å². The average molecular weight is 549 g/mol. The van der Waals surface area contributed by atoms with Crippen LogP contribution in [-0.4, -0.2) is 68.8 Å². The van der Waals surface area contributed by atoms with Crippen molar-refractivity contribution in [2.75, 3.05) is 25.0 Å². The predicted octanol–water partition coefficient (Wildman–Crippen LogP) is 3.27.